The molecule has 106 valence electrons. The zero-order valence-electron chi connectivity index (χ0n) is 12.8. The second-order valence-electron chi connectivity index (χ2n) is 5.76. The summed E-state index contributed by atoms with van der Waals surface area (Å²) in [6.45, 7) is 1.81. The smallest absolute Gasteiger partial charge is 0.141 e. The molecule has 0 unspecified atom stereocenters. The molecule has 1 nitrogen and oxygen atoms in total. The Hall–Kier alpha value is -2.30. The third-order valence-corrected chi connectivity index (χ3v) is 3.22. The van der Waals surface area contributed by atoms with Crippen molar-refractivity contribution < 1.29 is 4.48 Å². The summed E-state index contributed by atoms with van der Waals surface area (Å²) in [6, 6.07) is 20.5. The fraction of sp³-hybridized carbons (Fsp3) is 0.200. The van der Waals surface area contributed by atoms with Crippen molar-refractivity contribution in [2.24, 2.45) is 0 Å². The molecule has 0 fully saturated rings. The fourth-order valence-corrected chi connectivity index (χ4v) is 1.98. The summed E-state index contributed by atoms with van der Waals surface area (Å²) in [5, 5.41) is 0. The van der Waals surface area contributed by atoms with Crippen LogP contribution in [-0.2, 0) is 0 Å². The Kier molecular flexibility index (Phi) is 5.37. The molecule has 0 saturated heterocycles. The van der Waals surface area contributed by atoms with E-state index >= 15 is 0 Å². The van der Waals surface area contributed by atoms with Crippen LogP contribution in [0.2, 0.25) is 0 Å². The number of hydrogen-bond donors (Lipinski definition) is 0. The molecule has 0 N–H and O–H groups in total. The maximum atomic E-state index is 3.28. The molecule has 0 heterocycles. The Morgan fingerprint density at radius 2 is 1.52 bits per heavy atom. The molecule has 0 aliphatic rings. The molecule has 1 heteroatoms. The average Bonchev–Trinajstić information content (AvgIpc) is 2.49. The zero-order chi connectivity index (χ0) is 15.0. The Morgan fingerprint density at radius 1 is 0.905 bits per heavy atom. The van der Waals surface area contributed by atoms with Crippen LogP contribution in [-0.4, -0.2) is 31.7 Å². The van der Waals surface area contributed by atoms with Gasteiger partial charge < -0.3 is 4.48 Å². The summed E-state index contributed by atoms with van der Waals surface area (Å²) in [6.07, 6.45) is 4.39. The third kappa shape index (κ3) is 5.69. The number of hydrogen-bond acceptors (Lipinski definition) is 0. The SMILES string of the molecule is C[N+](C)(CC#Cc1ccccc1)CC=Cc1ccccc1. The van der Waals surface area contributed by atoms with Gasteiger partial charge in [-0.3, -0.25) is 0 Å². The lowest BCUT2D eigenvalue weighted by atomic mass is 10.2. The van der Waals surface area contributed by atoms with E-state index < -0.39 is 0 Å². The summed E-state index contributed by atoms with van der Waals surface area (Å²) in [5.74, 6) is 6.50. The van der Waals surface area contributed by atoms with Crippen LogP contribution in [0, 0.1) is 11.8 Å². The van der Waals surface area contributed by atoms with Crippen LogP contribution in [0.5, 0.6) is 0 Å². The molecule has 2 rings (SSSR count). The normalized spacial score (nSPS) is 11.1. The van der Waals surface area contributed by atoms with Crippen LogP contribution in [0.3, 0.4) is 0 Å². The highest BCUT2D eigenvalue weighted by molar-refractivity contribution is 5.48. The Labute approximate surface area is 128 Å². The lowest BCUT2D eigenvalue weighted by molar-refractivity contribution is -0.877. The molecule has 0 saturated carbocycles. The lowest BCUT2D eigenvalue weighted by Crippen LogP contribution is -2.39. The fourth-order valence-electron chi connectivity index (χ4n) is 1.98. The largest absolute Gasteiger partial charge is 0.315 e. The van der Waals surface area contributed by atoms with Gasteiger partial charge in [-0.15, -0.1) is 0 Å². The van der Waals surface area contributed by atoms with Crippen LogP contribution in [0.4, 0.5) is 0 Å². The van der Waals surface area contributed by atoms with E-state index in [1.165, 1.54) is 5.56 Å². The van der Waals surface area contributed by atoms with Crippen molar-refractivity contribution in [3.8, 4) is 11.8 Å². The molecule has 2 aromatic carbocycles. The molecular weight excluding hydrogens is 254 g/mol. The average molecular weight is 276 g/mol. The summed E-state index contributed by atoms with van der Waals surface area (Å²) >= 11 is 0. The molecule has 0 amide bonds. The molecule has 21 heavy (non-hydrogen) atoms. The Bertz CT molecular complexity index is 628. The molecular formula is C20H22N+. The maximum absolute atomic E-state index is 3.28. The third-order valence-electron chi connectivity index (χ3n) is 3.22. The number of nitrogens with zero attached hydrogens (tertiary/aromatic N) is 1. The zero-order valence-corrected chi connectivity index (χ0v) is 12.8. The van der Waals surface area contributed by atoms with Crippen molar-refractivity contribution in [1.29, 1.82) is 0 Å². The monoisotopic (exact) mass is 276 g/mol. The first-order chi connectivity index (χ1) is 10.2. The Morgan fingerprint density at radius 3 is 2.19 bits per heavy atom. The molecule has 0 spiro atoms. The van der Waals surface area contributed by atoms with Crippen molar-refractivity contribution in [3.05, 3.63) is 77.9 Å². The molecule has 0 atom stereocenters. The number of quaternary nitrogens is 1. The molecule has 0 aliphatic heterocycles. The summed E-state index contributed by atoms with van der Waals surface area (Å²) in [5.41, 5.74) is 2.32. The molecule has 0 bridgehead atoms. The van der Waals surface area contributed by atoms with Gasteiger partial charge in [-0.25, -0.2) is 0 Å². The van der Waals surface area contributed by atoms with Gasteiger partial charge in [0.2, 0.25) is 0 Å². The van der Waals surface area contributed by atoms with Gasteiger partial charge >= 0.3 is 0 Å². The minimum Gasteiger partial charge on any atom is -0.315 e. The van der Waals surface area contributed by atoms with Gasteiger partial charge in [0.15, 0.2) is 0 Å². The standard InChI is InChI=1S/C20H22N/c1-21(2,17-9-15-19-11-5-3-6-12-19)18-10-16-20-13-7-4-8-14-20/h3-9,11-15H,17-18H2,1-2H3/q+1. The van der Waals surface area contributed by atoms with E-state index in [9.17, 15) is 0 Å². The van der Waals surface area contributed by atoms with Gasteiger partial charge in [0.05, 0.1) is 20.6 Å². The van der Waals surface area contributed by atoms with Crippen molar-refractivity contribution in [3.63, 3.8) is 0 Å². The first kappa shape index (κ1) is 15.1. The van der Waals surface area contributed by atoms with Gasteiger partial charge in [0.1, 0.15) is 6.54 Å². The summed E-state index contributed by atoms with van der Waals surface area (Å²) in [7, 11) is 4.41. The van der Waals surface area contributed by atoms with Gasteiger partial charge in [0.25, 0.3) is 0 Å². The van der Waals surface area contributed by atoms with E-state index in [0.717, 1.165) is 23.1 Å². The van der Waals surface area contributed by atoms with Gasteiger partial charge in [0, 0.05) is 5.56 Å². The topological polar surface area (TPSA) is 0 Å². The van der Waals surface area contributed by atoms with Crippen molar-refractivity contribution >= 4 is 6.08 Å². The molecule has 0 aromatic heterocycles. The summed E-state index contributed by atoms with van der Waals surface area (Å²) < 4.78 is 0.864. The highest BCUT2D eigenvalue weighted by atomic mass is 15.3. The van der Waals surface area contributed by atoms with Gasteiger partial charge in [-0.1, -0.05) is 60.5 Å². The number of rotatable bonds is 4. The van der Waals surface area contributed by atoms with Crippen LogP contribution >= 0.6 is 0 Å². The highest BCUT2D eigenvalue weighted by Gasteiger charge is 2.09. The predicted molar refractivity (Wildman–Crippen MR) is 90.6 cm³/mol. The minimum absolute atomic E-state index is 0.841. The minimum atomic E-state index is 0.841. The first-order valence-corrected chi connectivity index (χ1v) is 7.23. The maximum Gasteiger partial charge on any atom is 0.141 e. The van der Waals surface area contributed by atoms with E-state index in [4.69, 9.17) is 0 Å². The van der Waals surface area contributed by atoms with Gasteiger partial charge in [-0.05, 0) is 29.7 Å². The van der Waals surface area contributed by atoms with E-state index in [2.05, 4.69) is 62.4 Å². The second-order valence-corrected chi connectivity index (χ2v) is 5.76. The van der Waals surface area contributed by atoms with E-state index in [1.807, 2.05) is 36.4 Å². The van der Waals surface area contributed by atoms with Crippen LogP contribution in [0.1, 0.15) is 11.1 Å². The van der Waals surface area contributed by atoms with Crippen molar-refractivity contribution in [2.75, 3.05) is 27.2 Å². The van der Waals surface area contributed by atoms with Crippen LogP contribution in [0.25, 0.3) is 6.08 Å². The van der Waals surface area contributed by atoms with Crippen molar-refractivity contribution in [1.82, 2.24) is 0 Å². The molecule has 0 aliphatic carbocycles. The number of likely N-dealkylation sites (N-methyl/N-ethyl adjacent to an activating group) is 1. The van der Waals surface area contributed by atoms with Crippen molar-refractivity contribution in [2.45, 2.75) is 0 Å². The van der Waals surface area contributed by atoms with Gasteiger partial charge in [-0.2, -0.15) is 0 Å². The lowest BCUT2D eigenvalue weighted by Gasteiger charge is -2.25. The highest BCUT2D eigenvalue weighted by Crippen LogP contribution is 2.03. The van der Waals surface area contributed by atoms with E-state index in [-0.39, 0.29) is 0 Å². The van der Waals surface area contributed by atoms with E-state index in [1.54, 1.807) is 0 Å². The predicted octanol–water partition coefficient (Wildman–Crippen LogP) is 3.83. The molecule has 2 aromatic rings. The van der Waals surface area contributed by atoms with E-state index in [0.29, 0.717) is 0 Å². The van der Waals surface area contributed by atoms with Crippen LogP contribution in [0.15, 0.2) is 66.7 Å². The second kappa shape index (κ2) is 7.47. The number of benzene rings is 2. The van der Waals surface area contributed by atoms with Crippen LogP contribution < -0.4 is 0 Å². The molecule has 0 radical (unpaired) electrons. The Balaban J connectivity index is 1.88. The quantitative estimate of drug-likeness (QED) is 0.588. The first-order valence-electron chi connectivity index (χ1n) is 7.23. The summed E-state index contributed by atoms with van der Waals surface area (Å²) in [4.78, 5) is 0.